The summed E-state index contributed by atoms with van der Waals surface area (Å²) in [5.74, 6) is 0.136. The van der Waals surface area contributed by atoms with Crippen molar-refractivity contribution in [2.75, 3.05) is 44.8 Å². The van der Waals surface area contributed by atoms with E-state index in [0.717, 1.165) is 19.5 Å². The Morgan fingerprint density at radius 3 is 2.78 bits per heavy atom. The van der Waals surface area contributed by atoms with Crippen molar-refractivity contribution in [3.05, 3.63) is 4.88 Å². The van der Waals surface area contributed by atoms with Gasteiger partial charge in [0.05, 0.1) is 0 Å². The first-order valence-electron chi connectivity index (χ1n) is 5.97. The van der Waals surface area contributed by atoms with Crippen molar-refractivity contribution in [3.63, 3.8) is 0 Å². The van der Waals surface area contributed by atoms with E-state index in [-0.39, 0.29) is 5.91 Å². The van der Waals surface area contributed by atoms with Gasteiger partial charge < -0.3 is 21.3 Å². The first kappa shape index (κ1) is 14.7. The Kier molecular flexibility index (Phi) is 5.87. The fourth-order valence-corrected chi connectivity index (χ4v) is 2.10. The number of hydrogen-bond donors (Lipinski definition) is 3. The minimum atomic E-state index is -0.156. The molecule has 7 heteroatoms. The first-order valence-corrected chi connectivity index (χ1v) is 6.79. The fourth-order valence-electron chi connectivity index (χ4n) is 1.28. The Labute approximate surface area is 112 Å². The molecule has 0 aliphatic heterocycles. The van der Waals surface area contributed by atoms with E-state index in [1.54, 1.807) is 0 Å². The molecule has 1 rings (SSSR count). The fraction of sp³-hybridized carbons (Fsp3) is 0.636. The highest BCUT2D eigenvalue weighted by molar-refractivity contribution is 7.18. The van der Waals surface area contributed by atoms with Gasteiger partial charge in [-0.25, -0.2) is 4.98 Å². The Balaban J connectivity index is 2.54. The van der Waals surface area contributed by atoms with Crippen molar-refractivity contribution in [1.29, 1.82) is 0 Å². The number of nitrogens with zero attached hydrogens (tertiary/aromatic N) is 2. The van der Waals surface area contributed by atoms with E-state index in [9.17, 15) is 4.79 Å². The summed E-state index contributed by atoms with van der Waals surface area (Å²) in [7, 11) is 3.92. The second-order valence-electron chi connectivity index (χ2n) is 4.22. The highest BCUT2D eigenvalue weighted by Crippen LogP contribution is 2.24. The van der Waals surface area contributed by atoms with E-state index in [2.05, 4.69) is 22.5 Å². The van der Waals surface area contributed by atoms with E-state index in [0.29, 0.717) is 22.4 Å². The quantitative estimate of drug-likeness (QED) is 0.684. The summed E-state index contributed by atoms with van der Waals surface area (Å²) in [6.45, 7) is 4.29. The third kappa shape index (κ3) is 4.50. The van der Waals surface area contributed by atoms with Crippen molar-refractivity contribution in [2.45, 2.75) is 13.3 Å². The molecule has 18 heavy (non-hydrogen) atoms. The molecule has 4 N–H and O–H groups in total. The van der Waals surface area contributed by atoms with E-state index >= 15 is 0 Å². The number of thiazole rings is 1. The lowest BCUT2D eigenvalue weighted by Crippen LogP contribution is -2.31. The smallest absolute Gasteiger partial charge is 0.265 e. The van der Waals surface area contributed by atoms with Crippen LogP contribution in [-0.4, -0.2) is 49.5 Å². The lowest BCUT2D eigenvalue weighted by Gasteiger charge is -2.09. The highest BCUT2D eigenvalue weighted by Gasteiger charge is 2.15. The molecule has 0 saturated heterocycles. The molecule has 0 aromatic carbocycles. The second kappa shape index (κ2) is 7.17. The Hall–Kier alpha value is -1.34. The summed E-state index contributed by atoms with van der Waals surface area (Å²) < 4.78 is 0. The SMILES string of the molecule is CCCNc1nc(N)c(C(=O)NCCN(C)C)s1. The molecule has 1 heterocycles. The summed E-state index contributed by atoms with van der Waals surface area (Å²) in [6.07, 6.45) is 1.00. The van der Waals surface area contributed by atoms with Gasteiger partial charge in [0.2, 0.25) is 0 Å². The number of amides is 1. The van der Waals surface area contributed by atoms with Crippen LogP contribution in [0, 0.1) is 0 Å². The number of rotatable bonds is 7. The number of nitrogens with one attached hydrogen (secondary N) is 2. The van der Waals surface area contributed by atoms with Crippen molar-refractivity contribution in [3.8, 4) is 0 Å². The number of hydrogen-bond acceptors (Lipinski definition) is 6. The highest BCUT2D eigenvalue weighted by atomic mass is 32.1. The number of carbonyl (C=O) groups is 1. The number of nitrogens with two attached hydrogens (primary N) is 1. The molecule has 0 fully saturated rings. The van der Waals surface area contributed by atoms with E-state index < -0.39 is 0 Å². The van der Waals surface area contributed by atoms with Crippen LogP contribution >= 0.6 is 11.3 Å². The van der Waals surface area contributed by atoms with Crippen LogP contribution in [0.5, 0.6) is 0 Å². The van der Waals surface area contributed by atoms with Gasteiger partial charge in [-0.05, 0) is 20.5 Å². The summed E-state index contributed by atoms with van der Waals surface area (Å²) in [5.41, 5.74) is 5.73. The van der Waals surface area contributed by atoms with Crippen LogP contribution in [-0.2, 0) is 0 Å². The predicted molar refractivity (Wildman–Crippen MR) is 76.2 cm³/mol. The number of nitrogen functional groups attached to an aromatic ring is 1. The number of aromatic nitrogens is 1. The molecule has 102 valence electrons. The summed E-state index contributed by atoms with van der Waals surface area (Å²) in [6, 6.07) is 0. The van der Waals surface area contributed by atoms with Gasteiger partial charge in [0.1, 0.15) is 10.7 Å². The average molecular weight is 271 g/mol. The number of anilines is 2. The van der Waals surface area contributed by atoms with Crippen molar-refractivity contribution < 1.29 is 4.79 Å². The average Bonchev–Trinajstić information content (AvgIpc) is 2.67. The van der Waals surface area contributed by atoms with Gasteiger partial charge in [-0.3, -0.25) is 4.79 Å². The minimum Gasteiger partial charge on any atom is -0.382 e. The number of likely N-dealkylation sites (N-methyl/N-ethyl adjacent to an activating group) is 1. The Morgan fingerprint density at radius 1 is 1.44 bits per heavy atom. The maximum absolute atomic E-state index is 11.9. The monoisotopic (exact) mass is 271 g/mol. The number of carbonyl (C=O) groups excluding carboxylic acids is 1. The van der Waals surface area contributed by atoms with Gasteiger partial charge in [-0.2, -0.15) is 0 Å². The Bertz CT molecular complexity index is 391. The third-order valence-electron chi connectivity index (χ3n) is 2.23. The van der Waals surface area contributed by atoms with Gasteiger partial charge >= 0.3 is 0 Å². The summed E-state index contributed by atoms with van der Waals surface area (Å²) in [4.78, 5) is 18.5. The molecule has 0 radical (unpaired) electrons. The molecular weight excluding hydrogens is 250 g/mol. The van der Waals surface area contributed by atoms with Crippen molar-refractivity contribution >= 4 is 28.2 Å². The van der Waals surface area contributed by atoms with Gasteiger partial charge in [-0.1, -0.05) is 18.3 Å². The maximum atomic E-state index is 11.9. The molecule has 1 aromatic rings. The summed E-state index contributed by atoms with van der Waals surface area (Å²) >= 11 is 1.29. The molecule has 0 aliphatic carbocycles. The van der Waals surface area contributed by atoms with Gasteiger partial charge in [0.25, 0.3) is 5.91 Å². The lowest BCUT2D eigenvalue weighted by atomic mass is 10.4. The molecular formula is C11H21N5OS. The molecule has 0 aliphatic rings. The standard InChI is InChI=1S/C11H21N5OS/c1-4-5-14-11-15-9(12)8(18-11)10(17)13-6-7-16(2)3/h4-7,12H2,1-3H3,(H,13,17)(H,14,15). The van der Waals surface area contributed by atoms with Crippen LogP contribution in [0.15, 0.2) is 0 Å². The van der Waals surface area contributed by atoms with E-state index in [1.807, 2.05) is 19.0 Å². The largest absolute Gasteiger partial charge is 0.382 e. The Morgan fingerprint density at radius 2 is 2.17 bits per heavy atom. The molecule has 1 amide bonds. The summed E-state index contributed by atoms with van der Waals surface area (Å²) in [5, 5.41) is 6.65. The molecule has 0 unspecified atom stereocenters. The topological polar surface area (TPSA) is 83.3 Å². The van der Waals surface area contributed by atoms with E-state index in [4.69, 9.17) is 5.73 Å². The van der Waals surface area contributed by atoms with Crippen molar-refractivity contribution in [2.24, 2.45) is 0 Å². The predicted octanol–water partition coefficient (Wildman–Crippen LogP) is 0.839. The van der Waals surface area contributed by atoms with Crippen LogP contribution in [0.1, 0.15) is 23.0 Å². The minimum absolute atomic E-state index is 0.156. The zero-order chi connectivity index (χ0) is 13.5. The lowest BCUT2D eigenvalue weighted by molar-refractivity contribution is 0.0956. The van der Waals surface area contributed by atoms with E-state index in [1.165, 1.54) is 11.3 Å². The van der Waals surface area contributed by atoms with Crippen molar-refractivity contribution in [1.82, 2.24) is 15.2 Å². The van der Waals surface area contributed by atoms with Crippen LogP contribution in [0.3, 0.4) is 0 Å². The first-order chi connectivity index (χ1) is 8.54. The molecule has 0 bridgehead atoms. The molecule has 0 saturated carbocycles. The van der Waals surface area contributed by atoms with Crippen LogP contribution in [0.4, 0.5) is 10.9 Å². The second-order valence-corrected chi connectivity index (χ2v) is 5.22. The molecule has 0 spiro atoms. The zero-order valence-electron chi connectivity index (χ0n) is 11.1. The molecule has 6 nitrogen and oxygen atoms in total. The van der Waals surface area contributed by atoms with Crippen LogP contribution in [0.2, 0.25) is 0 Å². The zero-order valence-corrected chi connectivity index (χ0v) is 11.9. The van der Waals surface area contributed by atoms with Crippen LogP contribution < -0.4 is 16.4 Å². The molecule has 1 aromatic heterocycles. The van der Waals surface area contributed by atoms with Gasteiger partial charge in [0.15, 0.2) is 5.13 Å². The maximum Gasteiger partial charge on any atom is 0.265 e. The molecule has 0 atom stereocenters. The van der Waals surface area contributed by atoms with Crippen LogP contribution in [0.25, 0.3) is 0 Å². The third-order valence-corrected chi connectivity index (χ3v) is 3.26. The normalized spacial score (nSPS) is 10.7. The van der Waals surface area contributed by atoms with Gasteiger partial charge in [0, 0.05) is 19.6 Å². The van der Waals surface area contributed by atoms with Gasteiger partial charge in [-0.15, -0.1) is 0 Å².